The number of hydrogen-bond donors (Lipinski definition) is 0. The van der Waals surface area contributed by atoms with E-state index < -0.39 is 0 Å². The second kappa shape index (κ2) is 2.58. The normalized spacial score (nSPS) is 42.7. The molecule has 0 spiro atoms. The van der Waals surface area contributed by atoms with Gasteiger partial charge in [-0.2, -0.15) is 0 Å². The zero-order valence-corrected chi connectivity index (χ0v) is 6.87. The lowest BCUT2D eigenvalue weighted by Crippen LogP contribution is -2.07. The molecule has 2 aliphatic rings. The molecule has 1 heteroatoms. The van der Waals surface area contributed by atoms with Crippen LogP contribution in [0.5, 0.6) is 0 Å². The van der Waals surface area contributed by atoms with Crippen molar-refractivity contribution in [1.82, 2.24) is 0 Å². The Bertz CT molecular complexity index is 88.7. The smallest absolute Gasteiger partial charge is 0.0209 e. The van der Waals surface area contributed by atoms with Gasteiger partial charge in [0.2, 0.25) is 0 Å². The van der Waals surface area contributed by atoms with E-state index in [1.54, 1.807) is 44.4 Å². The molecule has 0 N–H and O–H groups in total. The van der Waals surface area contributed by atoms with Crippen LogP contribution in [-0.4, -0.2) is 18.0 Å². The first-order chi connectivity index (χ1) is 4.47. The largest absolute Gasteiger partial charge is 0.104 e. The molecule has 2 rings (SSSR count). The van der Waals surface area contributed by atoms with Crippen molar-refractivity contribution < 1.29 is 0 Å². The molecule has 0 saturated carbocycles. The predicted molar refractivity (Wildman–Crippen MR) is 43.5 cm³/mol. The summed E-state index contributed by atoms with van der Waals surface area (Å²) in [7, 11) is 0.580. The van der Waals surface area contributed by atoms with Gasteiger partial charge in [-0.3, -0.25) is 0 Å². The lowest BCUT2D eigenvalue weighted by atomic mass is 10.1. The summed E-state index contributed by atoms with van der Waals surface area (Å²) < 4.78 is 0. The molecular weight excluding hydrogens is 127 g/mol. The van der Waals surface area contributed by atoms with Gasteiger partial charge in [-0.15, -0.1) is 7.92 Å². The van der Waals surface area contributed by atoms with E-state index in [0.29, 0.717) is 7.92 Å². The Morgan fingerprint density at radius 3 is 2.56 bits per heavy atom. The van der Waals surface area contributed by atoms with Gasteiger partial charge in [-0.1, -0.05) is 6.42 Å². The molecule has 52 valence electrons. The van der Waals surface area contributed by atoms with Crippen molar-refractivity contribution >= 4 is 7.92 Å². The van der Waals surface area contributed by atoms with Crippen LogP contribution in [0.4, 0.5) is 0 Å². The summed E-state index contributed by atoms with van der Waals surface area (Å²) >= 11 is 0. The highest BCUT2D eigenvalue weighted by molar-refractivity contribution is 7.58. The Morgan fingerprint density at radius 2 is 1.67 bits per heavy atom. The van der Waals surface area contributed by atoms with Gasteiger partial charge in [0.1, 0.15) is 0 Å². The van der Waals surface area contributed by atoms with E-state index >= 15 is 0 Å². The van der Waals surface area contributed by atoms with Crippen LogP contribution in [-0.2, 0) is 0 Å². The van der Waals surface area contributed by atoms with Crippen molar-refractivity contribution in [2.75, 3.05) is 12.3 Å². The Kier molecular flexibility index (Phi) is 1.77. The van der Waals surface area contributed by atoms with Gasteiger partial charge in [0.25, 0.3) is 0 Å². The molecule has 0 nitrogen and oxygen atoms in total. The molecule has 0 aromatic heterocycles. The van der Waals surface area contributed by atoms with E-state index in [4.69, 9.17) is 0 Å². The third-order valence-corrected chi connectivity index (χ3v) is 6.06. The summed E-state index contributed by atoms with van der Waals surface area (Å²) in [5, 5.41) is 0. The molecule has 0 bridgehead atoms. The average molecular weight is 142 g/mol. The lowest BCUT2D eigenvalue weighted by molar-refractivity contribution is 0.639. The van der Waals surface area contributed by atoms with Crippen LogP contribution in [0, 0.1) is 0 Å². The Hall–Kier alpha value is 0.430. The monoisotopic (exact) mass is 142 g/mol. The van der Waals surface area contributed by atoms with Gasteiger partial charge < -0.3 is 0 Å². The van der Waals surface area contributed by atoms with Gasteiger partial charge in [0.15, 0.2) is 0 Å². The fourth-order valence-corrected chi connectivity index (χ4v) is 5.48. The van der Waals surface area contributed by atoms with E-state index in [-0.39, 0.29) is 0 Å². The third-order valence-electron chi connectivity index (χ3n) is 2.73. The van der Waals surface area contributed by atoms with Crippen LogP contribution in [0.25, 0.3) is 0 Å². The molecular formula is C8H15P. The van der Waals surface area contributed by atoms with Gasteiger partial charge in [0.05, 0.1) is 0 Å². The van der Waals surface area contributed by atoms with Gasteiger partial charge in [-0.25, -0.2) is 0 Å². The Labute approximate surface area is 58.8 Å². The highest BCUT2D eigenvalue weighted by Gasteiger charge is 2.28. The van der Waals surface area contributed by atoms with Crippen LogP contribution >= 0.6 is 7.92 Å². The van der Waals surface area contributed by atoms with Crippen molar-refractivity contribution in [3.8, 4) is 0 Å². The van der Waals surface area contributed by atoms with Gasteiger partial charge >= 0.3 is 0 Å². The fraction of sp³-hybridized carbons (Fsp3) is 1.00. The molecule has 0 amide bonds. The molecule has 0 radical (unpaired) electrons. The van der Waals surface area contributed by atoms with Crippen molar-refractivity contribution in [3.63, 3.8) is 0 Å². The van der Waals surface area contributed by atoms with Crippen molar-refractivity contribution in [2.45, 2.75) is 37.8 Å². The lowest BCUT2D eigenvalue weighted by Gasteiger charge is -2.24. The van der Waals surface area contributed by atoms with E-state index in [1.807, 2.05) is 0 Å². The average Bonchev–Trinajstić information content (AvgIpc) is 2.33. The molecule has 2 saturated heterocycles. The first kappa shape index (κ1) is 6.16. The van der Waals surface area contributed by atoms with E-state index in [2.05, 4.69) is 0 Å². The predicted octanol–water partition coefficient (Wildman–Crippen LogP) is 2.81. The van der Waals surface area contributed by atoms with E-state index in [1.165, 1.54) is 5.66 Å². The van der Waals surface area contributed by atoms with Crippen LogP contribution in [0.1, 0.15) is 32.1 Å². The maximum absolute atomic E-state index is 1.62. The fourth-order valence-electron chi connectivity index (χ4n) is 2.21. The minimum absolute atomic E-state index is 0.580. The second-order valence-electron chi connectivity index (χ2n) is 3.33. The van der Waals surface area contributed by atoms with E-state index in [9.17, 15) is 0 Å². The molecule has 9 heavy (non-hydrogen) atoms. The molecule has 2 atom stereocenters. The summed E-state index contributed by atoms with van der Waals surface area (Å²) in [5.41, 5.74) is 1.23. The van der Waals surface area contributed by atoms with Crippen molar-refractivity contribution in [1.29, 1.82) is 0 Å². The summed E-state index contributed by atoms with van der Waals surface area (Å²) in [6.07, 6.45) is 11.1. The Morgan fingerprint density at radius 1 is 0.889 bits per heavy atom. The summed E-state index contributed by atoms with van der Waals surface area (Å²) in [4.78, 5) is 0. The van der Waals surface area contributed by atoms with Crippen molar-refractivity contribution in [2.24, 2.45) is 0 Å². The molecule has 0 aromatic carbocycles. The maximum atomic E-state index is 1.62. The summed E-state index contributed by atoms with van der Waals surface area (Å²) in [6.45, 7) is 0. The van der Waals surface area contributed by atoms with Crippen LogP contribution in [0.15, 0.2) is 0 Å². The first-order valence-electron chi connectivity index (χ1n) is 4.21. The summed E-state index contributed by atoms with van der Waals surface area (Å²) in [5.74, 6) is 0. The third kappa shape index (κ3) is 1.15. The number of hydrogen-bond acceptors (Lipinski definition) is 0. The molecule has 2 heterocycles. The quantitative estimate of drug-likeness (QED) is 0.456. The van der Waals surface area contributed by atoms with Gasteiger partial charge in [0, 0.05) is 0 Å². The van der Waals surface area contributed by atoms with Crippen LogP contribution in [0.2, 0.25) is 0 Å². The minimum atomic E-state index is 0.580. The Balaban J connectivity index is 1.97. The molecule has 0 aromatic rings. The maximum Gasteiger partial charge on any atom is -0.0209 e. The van der Waals surface area contributed by atoms with Gasteiger partial charge in [-0.05, 0) is 43.7 Å². The van der Waals surface area contributed by atoms with Crippen molar-refractivity contribution in [3.05, 3.63) is 0 Å². The minimum Gasteiger partial charge on any atom is -0.104 e. The highest BCUT2D eigenvalue weighted by atomic mass is 31.1. The zero-order chi connectivity index (χ0) is 6.10. The molecule has 0 aliphatic carbocycles. The molecule has 2 unspecified atom stereocenters. The van der Waals surface area contributed by atoms with Crippen LogP contribution in [0.3, 0.4) is 0 Å². The topological polar surface area (TPSA) is 0 Å². The summed E-state index contributed by atoms with van der Waals surface area (Å²) in [6, 6.07) is 0. The SMILES string of the molecule is C1CCP2CCCC2C1. The first-order valence-corrected chi connectivity index (χ1v) is 5.99. The number of rotatable bonds is 0. The standard InChI is InChI=1S/C8H15P/c1-2-6-9-7-3-5-8(9)4-1/h8H,1-7H2. The second-order valence-corrected chi connectivity index (χ2v) is 6.13. The molecule has 2 aliphatic heterocycles. The number of fused-ring (bicyclic) bond motifs is 1. The van der Waals surface area contributed by atoms with E-state index in [0.717, 1.165) is 0 Å². The zero-order valence-electron chi connectivity index (χ0n) is 5.97. The van der Waals surface area contributed by atoms with Crippen LogP contribution < -0.4 is 0 Å². The molecule has 2 fully saturated rings. The highest BCUT2D eigenvalue weighted by Crippen LogP contribution is 2.54.